The summed E-state index contributed by atoms with van der Waals surface area (Å²) in [6, 6.07) is 14.8. The number of fused-ring (bicyclic) bond motifs is 2. The Balaban J connectivity index is 0.000000426. The van der Waals surface area contributed by atoms with Crippen molar-refractivity contribution in [3.8, 4) is 0 Å². The molecule has 11 heteroatoms. The highest BCUT2D eigenvalue weighted by Crippen LogP contribution is 2.42. The van der Waals surface area contributed by atoms with Crippen LogP contribution in [-0.2, 0) is 23.3 Å². The molecule has 0 bridgehead atoms. The summed E-state index contributed by atoms with van der Waals surface area (Å²) >= 11 is 0. The largest absolute Gasteiger partial charge is 0.490 e. The number of carbonyl (C=O) groups is 2. The summed E-state index contributed by atoms with van der Waals surface area (Å²) in [7, 11) is 0. The fourth-order valence-electron chi connectivity index (χ4n) is 5.09. The molecule has 0 saturated carbocycles. The molecule has 1 fully saturated rings. The molecule has 1 N–H and O–H groups in total. The molecule has 8 nitrogen and oxygen atoms in total. The highest BCUT2D eigenvalue weighted by atomic mass is 19.4. The molecule has 4 heterocycles. The SMILES string of the molecule is Cc1cccc(CN2CCC3(CC2)CN(C(=O)c2cnccn2)Cc2ccccc23)n1.O=C(O)C(F)(F)F. The number of pyridine rings is 1. The standard InChI is InChI=1S/C25H27N5O.C2HF3O2/c1-19-5-4-7-21(28-19)17-29-13-9-25(10-14-29)18-30(16-20-6-2-3-8-22(20)25)24(31)23-15-26-11-12-27-23;3-2(4,5)1(6)7/h2-8,11-12,15H,9-10,13-14,16-18H2,1H3;(H,6,7). The number of carboxylic acid groups (broad SMARTS) is 1. The maximum Gasteiger partial charge on any atom is 0.490 e. The van der Waals surface area contributed by atoms with Crippen LogP contribution in [0.15, 0.2) is 61.1 Å². The van der Waals surface area contributed by atoms with Gasteiger partial charge in [0.05, 0.1) is 11.9 Å². The minimum Gasteiger partial charge on any atom is -0.475 e. The number of carbonyl (C=O) groups excluding carboxylic acids is 1. The number of halogens is 3. The van der Waals surface area contributed by atoms with Gasteiger partial charge in [-0.2, -0.15) is 13.2 Å². The van der Waals surface area contributed by atoms with Gasteiger partial charge in [-0.05, 0) is 56.1 Å². The molecule has 0 unspecified atom stereocenters. The number of hydrogen-bond acceptors (Lipinski definition) is 6. The fourth-order valence-corrected chi connectivity index (χ4v) is 5.09. The number of rotatable bonds is 3. The van der Waals surface area contributed by atoms with Crippen LogP contribution in [0, 0.1) is 6.92 Å². The van der Waals surface area contributed by atoms with Gasteiger partial charge >= 0.3 is 12.1 Å². The Morgan fingerprint density at radius 2 is 1.76 bits per heavy atom. The molecule has 200 valence electrons. The maximum atomic E-state index is 13.2. The molecule has 38 heavy (non-hydrogen) atoms. The molecule has 0 atom stereocenters. The van der Waals surface area contributed by atoms with Crippen molar-refractivity contribution >= 4 is 11.9 Å². The van der Waals surface area contributed by atoms with Gasteiger partial charge < -0.3 is 10.0 Å². The number of carboxylic acids is 1. The second-order valence-corrected chi connectivity index (χ2v) is 9.54. The third-order valence-electron chi connectivity index (χ3n) is 6.90. The Morgan fingerprint density at radius 3 is 2.39 bits per heavy atom. The van der Waals surface area contributed by atoms with Crippen LogP contribution >= 0.6 is 0 Å². The van der Waals surface area contributed by atoms with Gasteiger partial charge in [0.2, 0.25) is 0 Å². The van der Waals surface area contributed by atoms with Crippen molar-refractivity contribution in [1.29, 1.82) is 0 Å². The van der Waals surface area contributed by atoms with Crippen molar-refractivity contribution in [2.45, 2.75) is 44.4 Å². The number of benzene rings is 1. The number of aliphatic carboxylic acids is 1. The van der Waals surface area contributed by atoms with Crippen molar-refractivity contribution in [2.24, 2.45) is 0 Å². The van der Waals surface area contributed by atoms with Gasteiger partial charge in [0.25, 0.3) is 5.91 Å². The Morgan fingerprint density at radius 1 is 1.05 bits per heavy atom. The third-order valence-corrected chi connectivity index (χ3v) is 6.90. The van der Waals surface area contributed by atoms with E-state index >= 15 is 0 Å². The van der Waals surface area contributed by atoms with Crippen LogP contribution in [0.4, 0.5) is 13.2 Å². The van der Waals surface area contributed by atoms with E-state index in [1.165, 1.54) is 11.1 Å². The average Bonchev–Trinajstić information content (AvgIpc) is 2.90. The normalized spacial score (nSPS) is 16.8. The summed E-state index contributed by atoms with van der Waals surface area (Å²) in [6.45, 7) is 6.27. The number of alkyl halides is 3. The second-order valence-electron chi connectivity index (χ2n) is 9.54. The monoisotopic (exact) mass is 527 g/mol. The molecular formula is C27H28F3N5O3. The van der Waals surface area contributed by atoms with Crippen molar-refractivity contribution in [3.63, 3.8) is 0 Å². The first-order valence-corrected chi connectivity index (χ1v) is 12.2. The van der Waals surface area contributed by atoms with Gasteiger partial charge in [0, 0.05) is 43.1 Å². The molecule has 3 aromatic rings. The summed E-state index contributed by atoms with van der Waals surface area (Å²) in [5.74, 6) is -2.79. The first-order chi connectivity index (χ1) is 18.1. The van der Waals surface area contributed by atoms with E-state index in [-0.39, 0.29) is 11.3 Å². The zero-order valence-electron chi connectivity index (χ0n) is 20.9. The zero-order valence-corrected chi connectivity index (χ0v) is 20.9. The summed E-state index contributed by atoms with van der Waals surface area (Å²) in [6.07, 6.45) is 1.72. The summed E-state index contributed by atoms with van der Waals surface area (Å²) in [5.41, 5.74) is 5.25. The lowest BCUT2D eigenvalue weighted by Gasteiger charge is -2.48. The van der Waals surface area contributed by atoms with E-state index in [1.54, 1.807) is 18.6 Å². The molecule has 0 radical (unpaired) electrons. The summed E-state index contributed by atoms with van der Waals surface area (Å²) in [5, 5.41) is 7.12. The molecule has 2 aliphatic heterocycles. The lowest BCUT2D eigenvalue weighted by atomic mass is 9.68. The number of nitrogens with zero attached hydrogens (tertiary/aromatic N) is 5. The van der Waals surface area contributed by atoms with Crippen LogP contribution in [0.2, 0.25) is 0 Å². The third kappa shape index (κ3) is 6.34. The van der Waals surface area contributed by atoms with Gasteiger partial charge in [0.1, 0.15) is 5.69 Å². The van der Waals surface area contributed by atoms with Crippen LogP contribution in [0.25, 0.3) is 0 Å². The van der Waals surface area contributed by atoms with E-state index in [4.69, 9.17) is 9.90 Å². The molecule has 1 saturated heterocycles. The van der Waals surface area contributed by atoms with Crippen LogP contribution in [0.5, 0.6) is 0 Å². The molecule has 5 rings (SSSR count). The summed E-state index contributed by atoms with van der Waals surface area (Å²) in [4.78, 5) is 39.5. The smallest absolute Gasteiger partial charge is 0.475 e. The van der Waals surface area contributed by atoms with Gasteiger partial charge in [-0.3, -0.25) is 19.7 Å². The lowest BCUT2D eigenvalue weighted by Crippen LogP contribution is -2.53. The van der Waals surface area contributed by atoms with Crippen LogP contribution in [0.1, 0.15) is 45.8 Å². The minimum absolute atomic E-state index is 0.0107. The molecule has 1 spiro atoms. The van der Waals surface area contributed by atoms with Gasteiger partial charge in [-0.1, -0.05) is 30.3 Å². The lowest BCUT2D eigenvalue weighted by molar-refractivity contribution is -0.192. The highest BCUT2D eigenvalue weighted by Gasteiger charge is 2.43. The van der Waals surface area contributed by atoms with Gasteiger partial charge in [-0.25, -0.2) is 9.78 Å². The molecule has 1 amide bonds. The number of amides is 1. The zero-order chi connectivity index (χ0) is 27.3. The van der Waals surface area contributed by atoms with Crippen LogP contribution in [0.3, 0.4) is 0 Å². The van der Waals surface area contributed by atoms with Crippen molar-refractivity contribution in [1.82, 2.24) is 24.8 Å². The molecule has 2 aromatic heterocycles. The molecular weight excluding hydrogens is 499 g/mol. The first kappa shape index (κ1) is 27.2. The Kier molecular flexibility index (Phi) is 8.05. The van der Waals surface area contributed by atoms with Crippen molar-refractivity contribution in [2.75, 3.05) is 19.6 Å². The summed E-state index contributed by atoms with van der Waals surface area (Å²) < 4.78 is 31.7. The number of aryl methyl sites for hydroxylation is 1. The highest BCUT2D eigenvalue weighted by molar-refractivity contribution is 5.92. The second kappa shape index (κ2) is 11.3. The van der Waals surface area contributed by atoms with E-state index < -0.39 is 12.1 Å². The van der Waals surface area contributed by atoms with E-state index in [1.807, 2.05) is 17.9 Å². The number of hydrogen-bond donors (Lipinski definition) is 1. The Hall–Kier alpha value is -3.86. The van der Waals surface area contributed by atoms with Crippen molar-refractivity contribution < 1.29 is 27.9 Å². The van der Waals surface area contributed by atoms with Crippen molar-refractivity contribution in [3.05, 3.63) is 89.3 Å². The Bertz CT molecular complexity index is 1280. The molecule has 2 aliphatic rings. The molecule has 1 aromatic carbocycles. The quantitative estimate of drug-likeness (QED) is 0.550. The number of aromatic nitrogens is 3. The fraction of sp³-hybridized carbons (Fsp3) is 0.370. The average molecular weight is 528 g/mol. The maximum absolute atomic E-state index is 13.2. The van der Waals surface area contributed by atoms with Gasteiger partial charge in [0.15, 0.2) is 0 Å². The number of likely N-dealkylation sites (tertiary alicyclic amines) is 1. The van der Waals surface area contributed by atoms with E-state index in [0.717, 1.165) is 50.4 Å². The van der Waals surface area contributed by atoms with Crippen LogP contribution < -0.4 is 0 Å². The van der Waals surface area contributed by atoms with E-state index in [2.05, 4.69) is 56.3 Å². The topological polar surface area (TPSA) is 99.5 Å². The number of piperidine rings is 1. The van der Waals surface area contributed by atoms with Gasteiger partial charge in [-0.15, -0.1) is 0 Å². The predicted molar refractivity (Wildman–Crippen MR) is 132 cm³/mol. The molecule has 0 aliphatic carbocycles. The van der Waals surface area contributed by atoms with E-state index in [0.29, 0.717) is 12.2 Å². The Labute approximate surface area is 218 Å². The van der Waals surface area contributed by atoms with Crippen LogP contribution in [-0.4, -0.2) is 67.5 Å². The minimum atomic E-state index is -5.08. The van der Waals surface area contributed by atoms with E-state index in [9.17, 15) is 18.0 Å². The predicted octanol–water partition coefficient (Wildman–Crippen LogP) is 4.00. The first-order valence-electron chi connectivity index (χ1n) is 12.2.